The molecule has 2 rings (SSSR count). The fourth-order valence-electron chi connectivity index (χ4n) is 2.60. The number of carboxylic acids is 1. The van der Waals surface area contributed by atoms with Crippen molar-refractivity contribution in [3.63, 3.8) is 0 Å². The number of rotatable bonds is 5. The summed E-state index contributed by atoms with van der Waals surface area (Å²) in [7, 11) is 0. The van der Waals surface area contributed by atoms with E-state index in [0.29, 0.717) is 38.6 Å². The molecule has 1 atom stereocenters. The maximum atomic E-state index is 12.1. The number of carbonyl (C=O) groups excluding carboxylic acids is 1. The topological polar surface area (TPSA) is 70.1 Å². The molecule has 0 spiro atoms. The van der Waals surface area contributed by atoms with E-state index in [4.69, 9.17) is 9.84 Å². The summed E-state index contributed by atoms with van der Waals surface area (Å²) in [4.78, 5) is 26.6. The van der Waals surface area contributed by atoms with Gasteiger partial charge >= 0.3 is 5.97 Å². The predicted octanol–water partition coefficient (Wildman–Crippen LogP) is 0.0319. The number of ether oxygens (including phenoxy) is 1. The number of hydrogen-bond acceptors (Lipinski definition) is 4. The van der Waals surface area contributed by atoms with Gasteiger partial charge in [-0.15, -0.1) is 0 Å². The van der Waals surface area contributed by atoms with Gasteiger partial charge in [-0.3, -0.25) is 14.5 Å². The number of hydrogen-bond donors (Lipinski definition) is 1. The molecule has 6 nitrogen and oxygen atoms in total. The molecule has 2 heterocycles. The van der Waals surface area contributed by atoms with E-state index in [-0.39, 0.29) is 12.3 Å². The largest absolute Gasteiger partial charge is 0.481 e. The van der Waals surface area contributed by atoms with Crippen molar-refractivity contribution in [1.29, 1.82) is 0 Å². The first-order valence-corrected chi connectivity index (χ1v) is 6.95. The molecule has 0 aromatic heterocycles. The number of carboxylic acid groups (broad SMARTS) is 1. The number of carbonyl (C=O) groups is 2. The van der Waals surface area contributed by atoms with Crippen LogP contribution in [0.5, 0.6) is 0 Å². The van der Waals surface area contributed by atoms with Gasteiger partial charge in [-0.1, -0.05) is 0 Å². The van der Waals surface area contributed by atoms with Gasteiger partial charge in [-0.25, -0.2) is 0 Å². The van der Waals surface area contributed by atoms with Gasteiger partial charge in [0.15, 0.2) is 0 Å². The molecule has 0 aromatic rings. The number of amides is 1. The van der Waals surface area contributed by atoms with Crippen molar-refractivity contribution in [3.8, 4) is 0 Å². The minimum absolute atomic E-state index is 0.174. The standard InChI is InChI=1S/C13H22N2O4/c16-12(9-11-2-8-19-10-11)15-6-4-14(5-7-15)3-1-13(17)18/h11H,1-10H2,(H,17,18). The van der Waals surface area contributed by atoms with Gasteiger partial charge < -0.3 is 14.7 Å². The lowest BCUT2D eigenvalue weighted by Crippen LogP contribution is -2.49. The molecule has 0 aromatic carbocycles. The van der Waals surface area contributed by atoms with Crippen molar-refractivity contribution in [3.05, 3.63) is 0 Å². The first-order chi connectivity index (χ1) is 9.15. The summed E-state index contributed by atoms with van der Waals surface area (Å²) in [5.41, 5.74) is 0. The Kier molecular flexibility index (Phi) is 5.15. The van der Waals surface area contributed by atoms with E-state index in [0.717, 1.165) is 26.1 Å². The first kappa shape index (κ1) is 14.3. The molecule has 1 amide bonds. The van der Waals surface area contributed by atoms with E-state index < -0.39 is 5.97 Å². The zero-order valence-electron chi connectivity index (χ0n) is 11.2. The minimum Gasteiger partial charge on any atom is -0.481 e. The summed E-state index contributed by atoms with van der Waals surface area (Å²) in [6, 6.07) is 0. The highest BCUT2D eigenvalue weighted by molar-refractivity contribution is 5.76. The fourth-order valence-corrected chi connectivity index (χ4v) is 2.60. The van der Waals surface area contributed by atoms with E-state index in [1.54, 1.807) is 0 Å². The Hall–Kier alpha value is -1.14. The van der Waals surface area contributed by atoms with Crippen LogP contribution in [0.3, 0.4) is 0 Å². The Balaban J connectivity index is 1.67. The van der Waals surface area contributed by atoms with Gasteiger partial charge in [0.1, 0.15) is 0 Å². The minimum atomic E-state index is -0.764. The second-order valence-electron chi connectivity index (χ2n) is 5.30. The van der Waals surface area contributed by atoms with Gasteiger partial charge in [0.25, 0.3) is 0 Å². The van der Waals surface area contributed by atoms with Crippen LogP contribution < -0.4 is 0 Å². The SMILES string of the molecule is O=C(O)CCN1CCN(C(=O)CC2CCOC2)CC1. The molecule has 2 aliphatic rings. The van der Waals surface area contributed by atoms with Crippen molar-refractivity contribution < 1.29 is 19.4 Å². The van der Waals surface area contributed by atoms with E-state index >= 15 is 0 Å². The van der Waals surface area contributed by atoms with Crippen LogP contribution in [0.25, 0.3) is 0 Å². The van der Waals surface area contributed by atoms with Crippen LogP contribution in [0.1, 0.15) is 19.3 Å². The molecule has 2 saturated heterocycles. The van der Waals surface area contributed by atoms with Crippen LogP contribution in [-0.4, -0.2) is 72.7 Å². The molecule has 108 valence electrons. The molecule has 2 fully saturated rings. The summed E-state index contributed by atoms with van der Waals surface area (Å²) in [5.74, 6) is -0.161. The molecule has 19 heavy (non-hydrogen) atoms. The van der Waals surface area contributed by atoms with Gasteiger partial charge in [0, 0.05) is 52.4 Å². The molecule has 0 aliphatic carbocycles. The van der Waals surface area contributed by atoms with E-state index in [9.17, 15) is 9.59 Å². The summed E-state index contributed by atoms with van der Waals surface area (Å²) in [5, 5.41) is 8.64. The average Bonchev–Trinajstić information content (AvgIpc) is 2.89. The van der Waals surface area contributed by atoms with E-state index in [1.807, 2.05) is 4.90 Å². The Labute approximate surface area is 113 Å². The second-order valence-corrected chi connectivity index (χ2v) is 5.30. The summed E-state index contributed by atoms with van der Waals surface area (Å²) in [6.07, 6.45) is 1.76. The number of piperazine rings is 1. The molecule has 0 bridgehead atoms. The molecule has 0 radical (unpaired) electrons. The zero-order chi connectivity index (χ0) is 13.7. The maximum absolute atomic E-state index is 12.1. The third-order valence-electron chi connectivity index (χ3n) is 3.85. The quantitative estimate of drug-likeness (QED) is 0.763. The van der Waals surface area contributed by atoms with Gasteiger partial charge in [-0.05, 0) is 12.3 Å². The average molecular weight is 270 g/mol. The smallest absolute Gasteiger partial charge is 0.304 e. The first-order valence-electron chi connectivity index (χ1n) is 6.95. The third-order valence-corrected chi connectivity index (χ3v) is 3.85. The lowest BCUT2D eigenvalue weighted by molar-refractivity contribution is -0.138. The Bertz CT molecular complexity index is 321. The van der Waals surface area contributed by atoms with E-state index in [2.05, 4.69) is 4.90 Å². The van der Waals surface area contributed by atoms with Gasteiger partial charge in [0.05, 0.1) is 6.42 Å². The lowest BCUT2D eigenvalue weighted by atomic mass is 10.0. The molecular formula is C13H22N2O4. The van der Waals surface area contributed by atoms with E-state index in [1.165, 1.54) is 0 Å². The normalized spacial score (nSPS) is 24.6. The Morgan fingerprint density at radius 2 is 1.95 bits per heavy atom. The van der Waals surface area contributed by atoms with Crippen LogP contribution >= 0.6 is 0 Å². The highest BCUT2D eigenvalue weighted by Crippen LogP contribution is 2.18. The molecule has 1 unspecified atom stereocenters. The summed E-state index contributed by atoms with van der Waals surface area (Å²) in [6.45, 7) is 5.05. The van der Waals surface area contributed by atoms with Crippen LogP contribution in [0.2, 0.25) is 0 Å². The maximum Gasteiger partial charge on any atom is 0.304 e. The predicted molar refractivity (Wildman–Crippen MR) is 68.8 cm³/mol. The highest BCUT2D eigenvalue weighted by Gasteiger charge is 2.25. The number of aliphatic carboxylic acids is 1. The molecule has 2 aliphatic heterocycles. The molecule has 1 N–H and O–H groups in total. The van der Waals surface area contributed by atoms with Gasteiger partial charge in [0.2, 0.25) is 5.91 Å². The Morgan fingerprint density at radius 1 is 1.21 bits per heavy atom. The third kappa shape index (κ3) is 4.47. The van der Waals surface area contributed by atoms with Crippen molar-refractivity contribution in [2.24, 2.45) is 5.92 Å². The summed E-state index contributed by atoms with van der Waals surface area (Å²) >= 11 is 0. The van der Waals surface area contributed by atoms with Crippen molar-refractivity contribution >= 4 is 11.9 Å². The van der Waals surface area contributed by atoms with Crippen molar-refractivity contribution in [2.45, 2.75) is 19.3 Å². The van der Waals surface area contributed by atoms with Gasteiger partial charge in [-0.2, -0.15) is 0 Å². The van der Waals surface area contributed by atoms with Crippen LogP contribution in [-0.2, 0) is 14.3 Å². The monoisotopic (exact) mass is 270 g/mol. The molecular weight excluding hydrogens is 248 g/mol. The number of nitrogens with zero attached hydrogens (tertiary/aromatic N) is 2. The Morgan fingerprint density at radius 3 is 2.53 bits per heavy atom. The highest BCUT2D eigenvalue weighted by atomic mass is 16.5. The molecule has 0 saturated carbocycles. The van der Waals surface area contributed by atoms with Crippen molar-refractivity contribution in [1.82, 2.24) is 9.80 Å². The van der Waals surface area contributed by atoms with Crippen molar-refractivity contribution in [2.75, 3.05) is 45.9 Å². The second kappa shape index (κ2) is 6.86. The summed E-state index contributed by atoms with van der Waals surface area (Å²) < 4.78 is 5.28. The lowest BCUT2D eigenvalue weighted by Gasteiger charge is -2.34. The fraction of sp³-hybridized carbons (Fsp3) is 0.846. The zero-order valence-corrected chi connectivity index (χ0v) is 11.2. The van der Waals surface area contributed by atoms with Crippen LogP contribution in [0.4, 0.5) is 0 Å². The van der Waals surface area contributed by atoms with Crippen LogP contribution in [0.15, 0.2) is 0 Å². The van der Waals surface area contributed by atoms with Crippen LogP contribution in [0, 0.1) is 5.92 Å². The molecule has 6 heteroatoms.